The third-order valence-corrected chi connectivity index (χ3v) is 10.9. The molecule has 3 heterocycles. The maximum atomic E-state index is 6.39. The average molecular weight is 615 g/mol. The van der Waals surface area contributed by atoms with Crippen molar-refractivity contribution in [2.45, 2.75) is 19.3 Å². The summed E-state index contributed by atoms with van der Waals surface area (Å²) in [4.78, 5) is 0. The van der Waals surface area contributed by atoms with E-state index >= 15 is 0 Å². The van der Waals surface area contributed by atoms with Crippen LogP contribution in [-0.2, 0) is 5.41 Å². The third kappa shape index (κ3) is 3.23. The number of nitrogens with zero attached hydrogens (tertiary/aromatic N) is 2. The van der Waals surface area contributed by atoms with Crippen LogP contribution in [0, 0.1) is 0 Å². The van der Waals surface area contributed by atoms with E-state index in [0.717, 1.165) is 27.6 Å². The second-order valence-corrected chi connectivity index (χ2v) is 13.7. The number of benzene rings is 7. The van der Waals surface area contributed by atoms with Crippen LogP contribution in [0.15, 0.2) is 150 Å². The SMILES string of the molecule is CC1(C)c2ccccc2-c2cc(-n3c4ccccc4c4c3ccc3c5ccccc5n(-c5ccc6c(c5)oc5ccccc56)c34)ccc21. The van der Waals surface area contributed by atoms with Crippen LogP contribution in [0.25, 0.3) is 88.1 Å². The highest BCUT2D eigenvalue weighted by atomic mass is 16.3. The molecule has 3 heteroatoms. The van der Waals surface area contributed by atoms with Crippen molar-refractivity contribution in [3.05, 3.63) is 157 Å². The van der Waals surface area contributed by atoms with Crippen molar-refractivity contribution in [1.82, 2.24) is 9.13 Å². The lowest BCUT2D eigenvalue weighted by molar-refractivity contribution is 0.660. The van der Waals surface area contributed by atoms with Crippen LogP contribution in [0.3, 0.4) is 0 Å². The maximum absolute atomic E-state index is 6.39. The molecule has 48 heavy (non-hydrogen) atoms. The van der Waals surface area contributed by atoms with Gasteiger partial charge in [-0.1, -0.05) is 105 Å². The summed E-state index contributed by atoms with van der Waals surface area (Å²) in [5, 5.41) is 7.27. The molecular formula is C45H30N2O. The molecule has 11 rings (SSSR count). The first-order valence-electron chi connectivity index (χ1n) is 16.7. The van der Waals surface area contributed by atoms with Gasteiger partial charge in [-0.15, -0.1) is 0 Å². The second-order valence-electron chi connectivity index (χ2n) is 13.7. The zero-order valence-electron chi connectivity index (χ0n) is 26.7. The normalized spacial score (nSPS) is 13.8. The van der Waals surface area contributed by atoms with Gasteiger partial charge in [0.1, 0.15) is 11.2 Å². The highest BCUT2D eigenvalue weighted by molar-refractivity contribution is 6.26. The van der Waals surface area contributed by atoms with Crippen LogP contribution in [0.2, 0.25) is 0 Å². The zero-order valence-corrected chi connectivity index (χ0v) is 26.7. The molecule has 0 N–H and O–H groups in total. The van der Waals surface area contributed by atoms with Crippen molar-refractivity contribution in [1.29, 1.82) is 0 Å². The standard InChI is InChI=1S/C45H30N2O/c1-45(2)36-15-7-3-11-29(36)35-25-27(20-23-37(35)45)46-39-17-9-5-14-34(39)43-40(46)24-22-33-30-12-4-8-16-38(30)47(44(33)43)28-19-21-32-31-13-6-10-18-41(31)48-42(32)26-28/h3-26H,1-2H3. The van der Waals surface area contributed by atoms with Gasteiger partial charge in [-0.25, -0.2) is 0 Å². The van der Waals surface area contributed by atoms with Gasteiger partial charge in [0.15, 0.2) is 0 Å². The van der Waals surface area contributed by atoms with Gasteiger partial charge in [0.25, 0.3) is 0 Å². The van der Waals surface area contributed by atoms with Crippen molar-refractivity contribution in [3.8, 4) is 22.5 Å². The Bertz CT molecular complexity index is 2980. The zero-order chi connectivity index (χ0) is 31.7. The maximum Gasteiger partial charge on any atom is 0.137 e. The van der Waals surface area contributed by atoms with Crippen LogP contribution < -0.4 is 0 Å². The van der Waals surface area contributed by atoms with Gasteiger partial charge in [0.05, 0.1) is 22.1 Å². The number of hydrogen-bond acceptors (Lipinski definition) is 1. The predicted octanol–water partition coefficient (Wildman–Crippen LogP) is 12.1. The Morgan fingerprint density at radius 2 is 1.06 bits per heavy atom. The molecule has 0 fully saturated rings. The highest BCUT2D eigenvalue weighted by Gasteiger charge is 2.35. The lowest BCUT2D eigenvalue weighted by atomic mass is 9.82. The fraction of sp³-hybridized carbons (Fsp3) is 0.0667. The number of fused-ring (bicyclic) bond motifs is 13. The number of rotatable bonds is 2. The van der Waals surface area contributed by atoms with Crippen LogP contribution >= 0.6 is 0 Å². The van der Waals surface area contributed by atoms with Gasteiger partial charge in [-0.05, 0) is 70.8 Å². The Hall–Kier alpha value is -6.06. The first-order chi connectivity index (χ1) is 23.6. The molecule has 0 unspecified atom stereocenters. The third-order valence-electron chi connectivity index (χ3n) is 10.9. The molecule has 0 saturated carbocycles. The summed E-state index contributed by atoms with van der Waals surface area (Å²) >= 11 is 0. The molecule has 0 radical (unpaired) electrons. The first-order valence-corrected chi connectivity index (χ1v) is 16.7. The fourth-order valence-electron chi connectivity index (χ4n) is 8.76. The molecule has 0 saturated heterocycles. The van der Waals surface area contributed by atoms with E-state index in [-0.39, 0.29) is 5.41 Å². The molecule has 0 bridgehead atoms. The molecule has 0 spiro atoms. The van der Waals surface area contributed by atoms with Crippen molar-refractivity contribution in [2.24, 2.45) is 0 Å². The average Bonchev–Trinajstić information content (AvgIpc) is 3.83. The Labute approximate surface area is 276 Å². The molecular weight excluding hydrogens is 585 g/mol. The summed E-state index contributed by atoms with van der Waals surface area (Å²) in [5.74, 6) is 0. The summed E-state index contributed by atoms with van der Waals surface area (Å²) in [6.07, 6.45) is 0. The van der Waals surface area contributed by atoms with E-state index in [0.29, 0.717) is 0 Å². The van der Waals surface area contributed by atoms with Gasteiger partial charge < -0.3 is 13.6 Å². The van der Waals surface area contributed by atoms with Gasteiger partial charge in [-0.2, -0.15) is 0 Å². The molecule has 10 aromatic rings. The molecule has 0 aliphatic heterocycles. The minimum absolute atomic E-state index is 0.0284. The molecule has 7 aromatic carbocycles. The van der Waals surface area contributed by atoms with Gasteiger partial charge in [-0.3, -0.25) is 0 Å². The van der Waals surface area contributed by atoms with Gasteiger partial charge >= 0.3 is 0 Å². The summed E-state index contributed by atoms with van der Waals surface area (Å²) in [6, 6.07) is 53.2. The van der Waals surface area contributed by atoms with E-state index in [9.17, 15) is 0 Å². The summed E-state index contributed by atoms with van der Waals surface area (Å²) in [7, 11) is 0. The van der Waals surface area contributed by atoms with Crippen LogP contribution in [0.4, 0.5) is 0 Å². The number of aromatic nitrogens is 2. The molecule has 0 amide bonds. The first kappa shape index (κ1) is 26.1. The second kappa shape index (κ2) is 9.05. The van der Waals surface area contributed by atoms with E-state index < -0.39 is 0 Å². The number of furan rings is 1. The smallest absolute Gasteiger partial charge is 0.137 e. The highest BCUT2D eigenvalue weighted by Crippen LogP contribution is 2.50. The van der Waals surface area contributed by atoms with Gasteiger partial charge in [0.2, 0.25) is 0 Å². The van der Waals surface area contributed by atoms with E-state index in [4.69, 9.17) is 4.42 Å². The largest absolute Gasteiger partial charge is 0.456 e. The molecule has 1 aliphatic rings. The quantitative estimate of drug-likeness (QED) is 0.190. The molecule has 3 nitrogen and oxygen atoms in total. The van der Waals surface area contributed by atoms with Crippen molar-refractivity contribution in [2.75, 3.05) is 0 Å². The van der Waals surface area contributed by atoms with Crippen molar-refractivity contribution in [3.63, 3.8) is 0 Å². The fourth-order valence-corrected chi connectivity index (χ4v) is 8.76. The van der Waals surface area contributed by atoms with Crippen molar-refractivity contribution < 1.29 is 4.42 Å². The van der Waals surface area contributed by atoms with E-state index in [1.807, 2.05) is 12.1 Å². The van der Waals surface area contributed by atoms with Crippen molar-refractivity contribution >= 4 is 65.6 Å². The Morgan fingerprint density at radius 3 is 1.94 bits per heavy atom. The summed E-state index contributed by atoms with van der Waals surface area (Å²) < 4.78 is 11.3. The minimum Gasteiger partial charge on any atom is -0.456 e. The number of para-hydroxylation sites is 3. The Kier molecular flexibility index (Phi) is 4.91. The summed E-state index contributed by atoms with van der Waals surface area (Å²) in [5.41, 5.74) is 14.3. The number of hydrogen-bond donors (Lipinski definition) is 0. The molecule has 226 valence electrons. The van der Waals surface area contributed by atoms with E-state index in [2.05, 4.69) is 156 Å². The van der Waals surface area contributed by atoms with Gasteiger partial charge in [0, 0.05) is 55.2 Å². The predicted molar refractivity (Wildman–Crippen MR) is 200 cm³/mol. The topological polar surface area (TPSA) is 23.0 Å². The monoisotopic (exact) mass is 614 g/mol. The minimum atomic E-state index is -0.0284. The summed E-state index contributed by atoms with van der Waals surface area (Å²) in [6.45, 7) is 4.69. The van der Waals surface area contributed by atoms with E-state index in [1.165, 1.54) is 71.6 Å². The lowest BCUT2D eigenvalue weighted by Crippen LogP contribution is -2.14. The molecule has 3 aromatic heterocycles. The molecule has 1 aliphatic carbocycles. The Morgan fingerprint density at radius 1 is 0.438 bits per heavy atom. The molecule has 0 atom stereocenters. The van der Waals surface area contributed by atoms with Crippen LogP contribution in [0.5, 0.6) is 0 Å². The Balaban J connectivity index is 1.25. The van der Waals surface area contributed by atoms with Crippen LogP contribution in [-0.4, -0.2) is 9.13 Å². The lowest BCUT2D eigenvalue weighted by Gasteiger charge is -2.21. The van der Waals surface area contributed by atoms with E-state index in [1.54, 1.807) is 0 Å². The van der Waals surface area contributed by atoms with Crippen LogP contribution in [0.1, 0.15) is 25.0 Å².